The van der Waals surface area contributed by atoms with E-state index < -0.39 is 0 Å². The van der Waals surface area contributed by atoms with Crippen LogP contribution < -0.4 is 10.6 Å². The van der Waals surface area contributed by atoms with Crippen molar-refractivity contribution in [3.8, 4) is 0 Å². The Kier molecular flexibility index (Phi) is 5.25. The zero-order chi connectivity index (χ0) is 19.5. The maximum Gasteiger partial charge on any atom is 0.178 e. The molecule has 0 fully saturated rings. The van der Waals surface area contributed by atoms with Gasteiger partial charge in [-0.1, -0.05) is 25.1 Å². The normalized spacial score (nSPS) is 11.2. The number of imidazole rings is 1. The second kappa shape index (κ2) is 7.98. The predicted octanol–water partition coefficient (Wildman–Crippen LogP) is 5.10. The third-order valence-electron chi connectivity index (χ3n) is 4.88. The van der Waals surface area contributed by atoms with Crippen molar-refractivity contribution in [2.75, 3.05) is 17.2 Å². The first-order chi connectivity index (χ1) is 13.7. The Morgan fingerprint density at radius 1 is 1.11 bits per heavy atom. The van der Waals surface area contributed by atoms with Gasteiger partial charge in [0.2, 0.25) is 0 Å². The molecule has 0 aliphatic heterocycles. The van der Waals surface area contributed by atoms with Crippen molar-refractivity contribution in [3.63, 3.8) is 0 Å². The fraction of sp³-hybridized carbons (Fsp3) is 0.286. The summed E-state index contributed by atoms with van der Waals surface area (Å²) in [5.74, 6) is 0.820. The highest BCUT2D eigenvalue weighted by Crippen LogP contribution is 2.26. The number of hydrogen-bond acceptors (Lipinski definition) is 5. The summed E-state index contributed by atoms with van der Waals surface area (Å²) >= 11 is 5.44. The van der Waals surface area contributed by atoms with Crippen LogP contribution in [-0.2, 0) is 13.1 Å². The Morgan fingerprint density at radius 2 is 1.96 bits per heavy atom. The number of aromatic amines is 1. The summed E-state index contributed by atoms with van der Waals surface area (Å²) in [6.07, 6.45) is 2.70. The number of anilines is 2. The minimum atomic E-state index is 0.684. The molecule has 0 aliphatic rings. The molecule has 2 aromatic carbocycles. The zero-order valence-electron chi connectivity index (χ0n) is 16.1. The summed E-state index contributed by atoms with van der Waals surface area (Å²) in [7, 11) is 0. The zero-order valence-corrected chi connectivity index (χ0v) is 16.9. The van der Waals surface area contributed by atoms with E-state index in [1.165, 1.54) is 5.56 Å². The van der Waals surface area contributed by atoms with Crippen molar-refractivity contribution >= 4 is 45.7 Å². The number of aryl methyl sites for hydroxylation is 1. The van der Waals surface area contributed by atoms with Crippen molar-refractivity contribution in [1.82, 2.24) is 19.5 Å². The van der Waals surface area contributed by atoms with Crippen molar-refractivity contribution in [2.24, 2.45) is 0 Å². The molecule has 2 heterocycles. The van der Waals surface area contributed by atoms with Gasteiger partial charge in [0.15, 0.2) is 4.77 Å². The molecular weight excluding hydrogens is 368 g/mol. The molecule has 0 aliphatic carbocycles. The Morgan fingerprint density at radius 3 is 2.79 bits per heavy atom. The molecule has 0 bridgehead atoms. The quantitative estimate of drug-likeness (QED) is 0.382. The first-order valence-corrected chi connectivity index (χ1v) is 10.0. The minimum absolute atomic E-state index is 0.684. The van der Waals surface area contributed by atoms with E-state index in [0.29, 0.717) is 6.54 Å². The van der Waals surface area contributed by atoms with Gasteiger partial charge in [-0.3, -0.25) is 0 Å². The van der Waals surface area contributed by atoms with E-state index in [1.54, 1.807) is 6.33 Å². The fourth-order valence-corrected chi connectivity index (χ4v) is 3.79. The number of aromatic nitrogens is 4. The lowest BCUT2D eigenvalue weighted by Crippen LogP contribution is -2.07. The molecule has 0 spiro atoms. The van der Waals surface area contributed by atoms with Crippen LogP contribution in [0.3, 0.4) is 0 Å². The lowest BCUT2D eigenvalue weighted by atomic mass is 10.1. The summed E-state index contributed by atoms with van der Waals surface area (Å²) in [6, 6.07) is 12.5. The number of fused-ring (bicyclic) bond motifs is 2. The van der Waals surface area contributed by atoms with E-state index in [9.17, 15) is 0 Å². The van der Waals surface area contributed by atoms with Crippen molar-refractivity contribution in [1.29, 1.82) is 0 Å². The van der Waals surface area contributed by atoms with Gasteiger partial charge in [0.05, 0.1) is 16.6 Å². The minimum Gasteiger partial charge on any atom is -0.385 e. The Labute approximate surface area is 169 Å². The van der Waals surface area contributed by atoms with E-state index in [-0.39, 0.29) is 0 Å². The smallest absolute Gasteiger partial charge is 0.178 e. The Balaban J connectivity index is 1.68. The number of rotatable bonds is 7. The number of para-hydroxylation sites is 1. The molecule has 0 amide bonds. The monoisotopic (exact) mass is 392 g/mol. The molecule has 0 unspecified atom stereocenters. The van der Waals surface area contributed by atoms with Gasteiger partial charge in [-0.05, 0) is 49.3 Å². The topological polar surface area (TPSA) is 70.6 Å². The van der Waals surface area contributed by atoms with Crippen LogP contribution in [0.2, 0.25) is 0 Å². The second-order valence-electron chi connectivity index (χ2n) is 6.72. The van der Waals surface area contributed by atoms with Crippen LogP contribution in [-0.4, -0.2) is 26.1 Å². The van der Waals surface area contributed by atoms with Crippen molar-refractivity contribution in [2.45, 2.75) is 33.4 Å². The van der Waals surface area contributed by atoms with Crippen molar-refractivity contribution < 1.29 is 0 Å². The van der Waals surface area contributed by atoms with E-state index in [1.807, 2.05) is 0 Å². The molecule has 28 heavy (non-hydrogen) atoms. The van der Waals surface area contributed by atoms with Gasteiger partial charge in [-0.15, -0.1) is 0 Å². The van der Waals surface area contributed by atoms with Crippen LogP contribution in [0.5, 0.6) is 0 Å². The lowest BCUT2D eigenvalue weighted by Gasteiger charge is -2.13. The first kappa shape index (κ1) is 18.4. The number of H-pyrrole nitrogens is 1. The van der Waals surface area contributed by atoms with Crippen LogP contribution in [0.15, 0.2) is 42.7 Å². The number of nitrogens with zero attached hydrogens (tertiary/aromatic N) is 3. The molecular formula is C21H24N6S. The van der Waals surface area contributed by atoms with Gasteiger partial charge in [0, 0.05) is 30.7 Å². The highest BCUT2D eigenvalue weighted by Gasteiger charge is 2.10. The molecule has 7 heteroatoms. The van der Waals surface area contributed by atoms with Gasteiger partial charge in [0.1, 0.15) is 12.1 Å². The van der Waals surface area contributed by atoms with Gasteiger partial charge >= 0.3 is 0 Å². The summed E-state index contributed by atoms with van der Waals surface area (Å²) in [6.45, 7) is 6.72. The first-order valence-electron chi connectivity index (χ1n) is 9.64. The highest BCUT2D eigenvalue weighted by atomic mass is 32.1. The highest BCUT2D eigenvalue weighted by molar-refractivity contribution is 7.71. The predicted molar refractivity (Wildman–Crippen MR) is 118 cm³/mol. The average Bonchev–Trinajstić information content (AvgIpc) is 3.03. The molecule has 2 aromatic heterocycles. The molecule has 0 saturated heterocycles. The number of benzene rings is 2. The largest absolute Gasteiger partial charge is 0.385 e. The summed E-state index contributed by atoms with van der Waals surface area (Å²) in [5.41, 5.74) is 5.33. The Bertz CT molecular complexity index is 1180. The molecule has 6 nitrogen and oxygen atoms in total. The molecule has 0 saturated carbocycles. The molecule has 4 rings (SSSR count). The summed E-state index contributed by atoms with van der Waals surface area (Å²) in [5, 5.41) is 7.95. The SMILES string of the molecule is CCCNc1ccccc1CNc1ncnc2cc3c(cc12)[nH]c(=S)n3CC. The van der Waals surface area contributed by atoms with E-state index >= 15 is 0 Å². The standard InChI is InChI=1S/C21H24N6S/c1-3-9-22-16-8-6-5-7-14(16)12-23-20-15-10-18-19(11-17(15)24-13-25-20)27(4-2)21(28)26-18/h5-8,10-11,13,22H,3-4,9,12H2,1-2H3,(H,26,28)(H,23,24,25). The third-order valence-corrected chi connectivity index (χ3v) is 5.20. The van der Waals surface area contributed by atoms with Crippen LogP contribution in [0, 0.1) is 4.77 Å². The summed E-state index contributed by atoms with van der Waals surface area (Å²) in [4.78, 5) is 12.2. The molecule has 0 radical (unpaired) electrons. The van der Waals surface area contributed by atoms with Crippen LogP contribution >= 0.6 is 12.2 Å². The lowest BCUT2D eigenvalue weighted by molar-refractivity contribution is 0.774. The Hall–Kier alpha value is -2.93. The average molecular weight is 393 g/mol. The van der Waals surface area contributed by atoms with Crippen LogP contribution in [0.25, 0.3) is 21.9 Å². The van der Waals surface area contributed by atoms with Crippen LogP contribution in [0.1, 0.15) is 25.8 Å². The molecule has 0 atom stereocenters. The molecule has 3 N–H and O–H groups in total. The van der Waals surface area contributed by atoms with E-state index in [4.69, 9.17) is 12.2 Å². The maximum absolute atomic E-state index is 5.44. The number of hydrogen-bond donors (Lipinski definition) is 3. The second-order valence-corrected chi connectivity index (χ2v) is 7.11. The van der Waals surface area contributed by atoms with Crippen LogP contribution in [0.4, 0.5) is 11.5 Å². The number of nitrogens with one attached hydrogen (secondary N) is 3. The third kappa shape index (κ3) is 3.45. The van der Waals surface area contributed by atoms with Gasteiger partial charge in [-0.2, -0.15) is 0 Å². The van der Waals surface area contributed by atoms with E-state index in [0.717, 1.165) is 57.7 Å². The van der Waals surface area contributed by atoms with E-state index in [2.05, 4.69) is 80.4 Å². The van der Waals surface area contributed by atoms with Gasteiger partial charge in [-0.25, -0.2) is 9.97 Å². The van der Waals surface area contributed by atoms with Gasteiger partial charge < -0.3 is 20.2 Å². The molecule has 4 aromatic rings. The summed E-state index contributed by atoms with van der Waals surface area (Å²) < 4.78 is 2.81. The maximum atomic E-state index is 5.44. The van der Waals surface area contributed by atoms with Gasteiger partial charge in [0.25, 0.3) is 0 Å². The molecule has 144 valence electrons. The van der Waals surface area contributed by atoms with Crippen molar-refractivity contribution in [3.05, 3.63) is 53.1 Å². The fourth-order valence-electron chi connectivity index (χ4n) is 3.45.